The van der Waals surface area contributed by atoms with E-state index in [0.717, 1.165) is 15.4 Å². The van der Waals surface area contributed by atoms with Crippen molar-refractivity contribution in [3.63, 3.8) is 0 Å². The van der Waals surface area contributed by atoms with Crippen LogP contribution in [-0.2, 0) is 0 Å². The second-order valence-corrected chi connectivity index (χ2v) is 4.02. The lowest BCUT2D eigenvalue weighted by Gasteiger charge is -2.04. The van der Waals surface area contributed by atoms with Crippen molar-refractivity contribution in [2.75, 3.05) is 7.11 Å². The van der Waals surface area contributed by atoms with Gasteiger partial charge in [0, 0.05) is 5.56 Å². The number of carbonyl (C=O) groups excluding carboxylic acids is 1. The molecule has 0 aliphatic carbocycles. The number of benzene rings is 1. The Hall–Kier alpha value is -1.29. The van der Waals surface area contributed by atoms with E-state index < -0.39 is 0 Å². The standard InChI is InChI=1S/C11H9BrO3/c1-6-9(5-13)15-8-4-3-7(12)11(14-2)10(6)8/h3-5H,1-2H3. The van der Waals surface area contributed by atoms with Gasteiger partial charge in [0.25, 0.3) is 0 Å². The van der Waals surface area contributed by atoms with Crippen molar-refractivity contribution in [2.45, 2.75) is 6.92 Å². The maximum Gasteiger partial charge on any atom is 0.185 e. The van der Waals surface area contributed by atoms with Crippen LogP contribution < -0.4 is 4.74 Å². The Morgan fingerprint density at radius 2 is 2.20 bits per heavy atom. The minimum Gasteiger partial charge on any atom is -0.495 e. The van der Waals surface area contributed by atoms with Crippen molar-refractivity contribution >= 4 is 33.2 Å². The van der Waals surface area contributed by atoms with Gasteiger partial charge in [-0.2, -0.15) is 0 Å². The molecule has 0 amide bonds. The Balaban J connectivity index is 2.90. The smallest absolute Gasteiger partial charge is 0.185 e. The first kappa shape index (κ1) is 10.2. The molecule has 0 spiro atoms. The van der Waals surface area contributed by atoms with Gasteiger partial charge in [-0.15, -0.1) is 0 Å². The van der Waals surface area contributed by atoms with Gasteiger partial charge >= 0.3 is 0 Å². The molecule has 2 aromatic rings. The van der Waals surface area contributed by atoms with Crippen LogP contribution in [0.1, 0.15) is 16.1 Å². The number of furan rings is 1. The van der Waals surface area contributed by atoms with Gasteiger partial charge in [0.2, 0.25) is 0 Å². The SMILES string of the molecule is COc1c(Br)ccc2oc(C=O)c(C)c12. The van der Waals surface area contributed by atoms with Gasteiger partial charge in [-0.25, -0.2) is 0 Å². The van der Waals surface area contributed by atoms with E-state index >= 15 is 0 Å². The van der Waals surface area contributed by atoms with E-state index in [-0.39, 0.29) is 0 Å². The second kappa shape index (κ2) is 3.70. The van der Waals surface area contributed by atoms with Crippen LogP contribution in [-0.4, -0.2) is 13.4 Å². The van der Waals surface area contributed by atoms with Gasteiger partial charge in [0.1, 0.15) is 11.3 Å². The molecule has 15 heavy (non-hydrogen) atoms. The van der Waals surface area contributed by atoms with Gasteiger partial charge < -0.3 is 9.15 Å². The molecule has 3 nitrogen and oxygen atoms in total. The summed E-state index contributed by atoms with van der Waals surface area (Å²) in [4.78, 5) is 10.7. The highest BCUT2D eigenvalue weighted by Gasteiger charge is 2.15. The number of carbonyl (C=O) groups is 1. The minimum absolute atomic E-state index is 0.349. The summed E-state index contributed by atoms with van der Waals surface area (Å²) in [6, 6.07) is 3.64. The fourth-order valence-corrected chi connectivity index (χ4v) is 2.10. The van der Waals surface area contributed by atoms with Crippen LogP contribution in [0.4, 0.5) is 0 Å². The topological polar surface area (TPSA) is 39.4 Å². The first-order valence-corrected chi connectivity index (χ1v) is 5.19. The molecule has 0 radical (unpaired) electrons. The molecule has 1 aromatic heterocycles. The fourth-order valence-electron chi connectivity index (χ4n) is 1.61. The van der Waals surface area contributed by atoms with E-state index in [0.29, 0.717) is 23.4 Å². The maximum absolute atomic E-state index is 10.7. The van der Waals surface area contributed by atoms with Crippen LogP contribution in [0.5, 0.6) is 5.75 Å². The summed E-state index contributed by atoms with van der Waals surface area (Å²) < 4.78 is 11.5. The summed E-state index contributed by atoms with van der Waals surface area (Å²) in [5, 5.41) is 0.842. The van der Waals surface area contributed by atoms with Crippen molar-refractivity contribution in [3.05, 3.63) is 27.9 Å². The van der Waals surface area contributed by atoms with Crippen molar-refractivity contribution in [1.29, 1.82) is 0 Å². The average Bonchev–Trinajstić information content (AvgIpc) is 2.56. The first-order valence-electron chi connectivity index (χ1n) is 4.39. The molecule has 0 unspecified atom stereocenters. The number of fused-ring (bicyclic) bond motifs is 1. The van der Waals surface area contributed by atoms with Crippen LogP contribution in [0, 0.1) is 6.92 Å². The minimum atomic E-state index is 0.349. The van der Waals surface area contributed by atoms with E-state index in [9.17, 15) is 4.79 Å². The third-order valence-corrected chi connectivity index (χ3v) is 2.97. The maximum atomic E-state index is 10.7. The highest BCUT2D eigenvalue weighted by atomic mass is 79.9. The van der Waals surface area contributed by atoms with Gasteiger partial charge in [0.05, 0.1) is 17.0 Å². The molecule has 0 saturated carbocycles. The molecule has 0 saturated heterocycles. The highest BCUT2D eigenvalue weighted by Crippen LogP contribution is 2.37. The Kier molecular flexibility index (Phi) is 2.52. The highest BCUT2D eigenvalue weighted by molar-refractivity contribution is 9.10. The zero-order valence-electron chi connectivity index (χ0n) is 8.33. The van der Waals surface area contributed by atoms with E-state index in [1.165, 1.54) is 0 Å². The van der Waals surface area contributed by atoms with Crippen molar-refractivity contribution in [1.82, 2.24) is 0 Å². The summed E-state index contributed by atoms with van der Waals surface area (Å²) >= 11 is 3.39. The van der Waals surface area contributed by atoms with E-state index in [1.54, 1.807) is 7.11 Å². The number of hydrogen-bond acceptors (Lipinski definition) is 3. The van der Waals surface area contributed by atoms with E-state index in [4.69, 9.17) is 9.15 Å². The fraction of sp³-hybridized carbons (Fsp3) is 0.182. The molecule has 1 heterocycles. The van der Waals surface area contributed by atoms with Gasteiger partial charge in [0.15, 0.2) is 12.0 Å². The Morgan fingerprint density at radius 3 is 2.80 bits per heavy atom. The second-order valence-electron chi connectivity index (χ2n) is 3.16. The first-order chi connectivity index (χ1) is 7.19. The summed E-state index contributed by atoms with van der Waals surface area (Å²) in [6.07, 6.45) is 0.711. The number of aryl methyl sites for hydroxylation is 1. The summed E-state index contributed by atoms with van der Waals surface area (Å²) in [5.74, 6) is 1.04. The number of methoxy groups -OCH3 is 1. The molecule has 0 N–H and O–H groups in total. The van der Waals surface area contributed by atoms with E-state index in [1.807, 2.05) is 19.1 Å². The molecule has 0 atom stereocenters. The third kappa shape index (κ3) is 1.45. The Morgan fingerprint density at radius 1 is 1.47 bits per heavy atom. The molecule has 4 heteroatoms. The lowest BCUT2D eigenvalue weighted by atomic mass is 10.1. The Labute approximate surface area is 95.1 Å². The van der Waals surface area contributed by atoms with Crippen LogP contribution in [0.3, 0.4) is 0 Å². The largest absolute Gasteiger partial charge is 0.495 e. The van der Waals surface area contributed by atoms with Crippen LogP contribution in [0.25, 0.3) is 11.0 Å². The zero-order chi connectivity index (χ0) is 11.0. The van der Waals surface area contributed by atoms with Crippen LogP contribution >= 0.6 is 15.9 Å². The number of ether oxygens (including phenoxy) is 1. The molecule has 0 fully saturated rings. The molecular weight excluding hydrogens is 260 g/mol. The van der Waals surface area contributed by atoms with Gasteiger partial charge in [-0.3, -0.25) is 4.79 Å². The van der Waals surface area contributed by atoms with Gasteiger partial charge in [-0.1, -0.05) is 0 Å². The predicted octanol–water partition coefficient (Wildman–Crippen LogP) is 3.32. The zero-order valence-corrected chi connectivity index (χ0v) is 9.92. The lowest BCUT2D eigenvalue weighted by Crippen LogP contribution is -1.86. The monoisotopic (exact) mass is 268 g/mol. The lowest BCUT2D eigenvalue weighted by molar-refractivity contribution is 0.110. The molecule has 2 rings (SSSR count). The van der Waals surface area contributed by atoms with Crippen molar-refractivity contribution < 1.29 is 13.9 Å². The molecule has 78 valence electrons. The number of aldehydes is 1. The quantitative estimate of drug-likeness (QED) is 0.785. The number of hydrogen-bond donors (Lipinski definition) is 0. The van der Waals surface area contributed by atoms with E-state index in [2.05, 4.69) is 15.9 Å². The molecule has 0 bridgehead atoms. The normalized spacial score (nSPS) is 10.6. The summed E-state index contributed by atoms with van der Waals surface area (Å²) in [6.45, 7) is 1.84. The Bertz CT molecular complexity index is 528. The van der Waals surface area contributed by atoms with Gasteiger partial charge in [-0.05, 0) is 35.0 Å². The molecule has 0 aliphatic heterocycles. The average molecular weight is 269 g/mol. The molecular formula is C11H9BrO3. The van der Waals surface area contributed by atoms with Crippen molar-refractivity contribution in [3.8, 4) is 5.75 Å². The third-order valence-electron chi connectivity index (χ3n) is 2.35. The van der Waals surface area contributed by atoms with Crippen LogP contribution in [0.2, 0.25) is 0 Å². The van der Waals surface area contributed by atoms with Crippen LogP contribution in [0.15, 0.2) is 21.0 Å². The molecule has 0 aliphatic rings. The van der Waals surface area contributed by atoms with Crippen molar-refractivity contribution in [2.24, 2.45) is 0 Å². The predicted molar refractivity (Wildman–Crippen MR) is 60.6 cm³/mol. The number of halogens is 1. The summed E-state index contributed by atoms with van der Waals surface area (Å²) in [5.41, 5.74) is 1.47. The number of rotatable bonds is 2. The summed E-state index contributed by atoms with van der Waals surface area (Å²) in [7, 11) is 1.59. The molecule has 1 aromatic carbocycles.